The van der Waals surface area contributed by atoms with Crippen molar-refractivity contribution in [2.24, 2.45) is 10.3 Å². The summed E-state index contributed by atoms with van der Waals surface area (Å²) in [5, 5.41) is 17.0. The van der Waals surface area contributed by atoms with Crippen LogP contribution in [0.1, 0.15) is 0 Å². The number of aromatic nitrogens is 3. The summed E-state index contributed by atoms with van der Waals surface area (Å²) in [6, 6.07) is 11.6. The Morgan fingerprint density at radius 3 is 1.77 bits per heavy atom. The highest BCUT2D eigenvalue weighted by molar-refractivity contribution is 7.89. The van der Waals surface area contributed by atoms with Crippen LogP contribution in [0.4, 0.5) is 0 Å². The Labute approximate surface area is 154 Å². The number of H-pyrrole nitrogens is 1. The van der Waals surface area contributed by atoms with E-state index in [1.54, 1.807) is 16.7 Å². The van der Waals surface area contributed by atoms with E-state index in [1.165, 1.54) is 36.4 Å². The molecule has 2 aromatic carbocycles. The first-order valence-electron chi connectivity index (χ1n) is 7.01. The van der Waals surface area contributed by atoms with Crippen molar-refractivity contribution in [3.8, 4) is 17.1 Å². The van der Waals surface area contributed by atoms with Gasteiger partial charge in [0.2, 0.25) is 20.0 Å². The minimum atomic E-state index is -3.81. The maximum Gasteiger partial charge on any atom is 0.238 e. The molecule has 26 heavy (non-hydrogen) atoms. The Hall–Kier alpha value is -2.38. The Kier molecular flexibility index (Phi) is 4.54. The van der Waals surface area contributed by atoms with Gasteiger partial charge in [-0.2, -0.15) is 5.10 Å². The third kappa shape index (κ3) is 3.59. The van der Waals surface area contributed by atoms with Crippen molar-refractivity contribution < 1.29 is 16.8 Å². The molecule has 0 saturated heterocycles. The van der Waals surface area contributed by atoms with Crippen LogP contribution in [0.15, 0.2) is 58.3 Å². The topological polar surface area (TPSA) is 154 Å². The quantitative estimate of drug-likeness (QED) is 0.542. The number of hydrogen-bond donors (Lipinski definition) is 3. The molecule has 0 spiro atoms. The van der Waals surface area contributed by atoms with Gasteiger partial charge in [-0.1, -0.05) is 0 Å². The second-order valence-corrected chi connectivity index (χ2v) is 8.81. The minimum absolute atomic E-state index is 0.0283. The molecule has 3 rings (SSSR count). The summed E-state index contributed by atoms with van der Waals surface area (Å²) in [7, 11) is -7.61. The molecule has 136 valence electrons. The number of nitrogens with two attached hydrogens (primary N) is 2. The molecule has 0 aliphatic carbocycles. The van der Waals surface area contributed by atoms with Crippen molar-refractivity contribution in [1.29, 1.82) is 0 Å². The lowest BCUT2D eigenvalue weighted by molar-refractivity contribution is 0.596. The molecule has 0 radical (unpaired) electrons. The van der Waals surface area contributed by atoms with Gasteiger partial charge in [0, 0.05) is 5.56 Å². The summed E-state index contributed by atoms with van der Waals surface area (Å²) >= 11 is 5.23. The van der Waals surface area contributed by atoms with E-state index < -0.39 is 20.0 Å². The first-order valence-corrected chi connectivity index (χ1v) is 10.5. The van der Waals surface area contributed by atoms with Crippen molar-refractivity contribution in [3.05, 3.63) is 53.3 Å². The molecular weight excluding hydrogens is 398 g/mol. The highest BCUT2D eigenvalue weighted by Gasteiger charge is 2.14. The monoisotopic (exact) mass is 411 g/mol. The van der Waals surface area contributed by atoms with E-state index in [0.717, 1.165) is 0 Å². The molecule has 0 amide bonds. The van der Waals surface area contributed by atoms with Crippen LogP contribution in [0, 0.1) is 4.77 Å². The van der Waals surface area contributed by atoms with E-state index in [4.69, 9.17) is 22.5 Å². The number of sulfonamides is 2. The maximum absolute atomic E-state index is 11.4. The summed E-state index contributed by atoms with van der Waals surface area (Å²) in [4.78, 5) is -0.0604. The number of primary sulfonamides is 2. The van der Waals surface area contributed by atoms with Gasteiger partial charge in [0.1, 0.15) is 0 Å². The molecule has 0 aliphatic rings. The molecule has 1 heterocycles. The van der Waals surface area contributed by atoms with Crippen molar-refractivity contribution in [1.82, 2.24) is 14.8 Å². The molecule has 0 aliphatic heterocycles. The number of nitrogens with one attached hydrogen (secondary N) is 1. The van der Waals surface area contributed by atoms with Crippen LogP contribution in [0.3, 0.4) is 0 Å². The zero-order valence-electron chi connectivity index (χ0n) is 13.0. The summed E-state index contributed by atoms with van der Waals surface area (Å²) in [5.41, 5.74) is 1.14. The van der Waals surface area contributed by atoms with Crippen LogP contribution in [-0.2, 0) is 20.0 Å². The van der Waals surface area contributed by atoms with E-state index in [9.17, 15) is 16.8 Å². The molecule has 0 bridgehead atoms. The highest BCUT2D eigenvalue weighted by Crippen LogP contribution is 2.23. The predicted molar refractivity (Wildman–Crippen MR) is 96.9 cm³/mol. The molecule has 0 atom stereocenters. The van der Waals surface area contributed by atoms with Crippen LogP contribution in [0.25, 0.3) is 17.1 Å². The number of hydrogen-bond acceptors (Lipinski definition) is 6. The number of nitrogens with zero attached hydrogens (tertiary/aromatic N) is 2. The number of rotatable bonds is 4. The van der Waals surface area contributed by atoms with E-state index >= 15 is 0 Å². The Morgan fingerprint density at radius 1 is 0.846 bits per heavy atom. The molecule has 9 nitrogen and oxygen atoms in total. The van der Waals surface area contributed by atoms with Gasteiger partial charge in [-0.05, 0) is 60.7 Å². The van der Waals surface area contributed by atoms with Gasteiger partial charge in [-0.15, -0.1) is 0 Å². The van der Waals surface area contributed by atoms with Gasteiger partial charge >= 0.3 is 0 Å². The van der Waals surface area contributed by atoms with Crippen LogP contribution in [0.5, 0.6) is 0 Å². The summed E-state index contributed by atoms with van der Waals surface area (Å²) < 4.78 is 47.3. The fraction of sp³-hybridized carbons (Fsp3) is 0. The molecule has 12 heteroatoms. The van der Waals surface area contributed by atoms with E-state index in [-0.39, 0.29) is 14.6 Å². The van der Waals surface area contributed by atoms with Crippen LogP contribution in [0.2, 0.25) is 0 Å². The lowest BCUT2D eigenvalue weighted by atomic mass is 10.2. The lowest BCUT2D eigenvalue weighted by Gasteiger charge is -2.08. The standard InChI is InChI=1S/C14H13N5O4S3/c15-25(20,21)11-5-1-9(2-6-11)13-17-18-14(24)19(13)10-3-7-12(8-4-10)26(16,22)23/h1-8H,(H,18,24)(H2,15,20,21)(H2,16,22,23). The Balaban J connectivity index is 2.09. The first kappa shape index (κ1) is 18.4. The van der Waals surface area contributed by atoms with Gasteiger partial charge in [-0.25, -0.2) is 27.1 Å². The lowest BCUT2D eigenvalue weighted by Crippen LogP contribution is -2.12. The highest BCUT2D eigenvalue weighted by atomic mass is 32.2. The van der Waals surface area contributed by atoms with Crippen molar-refractivity contribution in [3.63, 3.8) is 0 Å². The van der Waals surface area contributed by atoms with Gasteiger partial charge < -0.3 is 0 Å². The van der Waals surface area contributed by atoms with Crippen LogP contribution < -0.4 is 10.3 Å². The molecule has 0 saturated carbocycles. The smallest absolute Gasteiger partial charge is 0.238 e. The maximum atomic E-state index is 11.4. The fourth-order valence-corrected chi connectivity index (χ4v) is 3.58. The fourth-order valence-electron chi connectivity index (χ4n) is 2.31. The largest absolute Gasteiger partial charge is 0.268 e. The van der Waals surface area contributed by atoms with Gasteiger partial charge in [0.15, 0.2) is 10.6 Å². The Morgan fingerprint density at radius 2 is 1.31 bits per heavy atom. The molecule has 0 unspecified atom stereocenters. The van der Waals surface area contributed by atoms with Crippen molar-refractivity contribution >= 4 is 32.3 Å². The zero-order valence-corrected chi connectivity index (χ0v) is 15.5. The van der Waals surface area contributed by atoms with Gasteiger partial charge in [0.25, 0.3) is 0 Å². The van der Waals surface area contributed by atoms with Crippen LogP contribution >= 0.6 is 12.2 Å². The SMILES string of the molecule is NS(=O)(=O)c1ccc(-c2n[nH]c(=S)n2-c2ccc(S(N)(=O)=O)cc2)cc1. The van der Waals surface area contributed by atoms with Crippen molar-refractivity contribution in [2.45, 2.75) is 9.79 Å². The summed E-state index contributed by atoms with van der Waals surface area (Å²) in [5.74, 6) is 0.416. The molecule has 1 aromatic heterocycles. The van der Waals surface area contributed by atoms with Gasteiger partial charge in [-0.3, -0.25) is 9.67 Å². The summed E-state index contributed by atoms with van der Waals surface area (Å²) in [6.07, 6.45) is 0. The second kappa shape index (κ2) is 6.41. The average Bonchev–Trinajstić information content (AvgIpc) is 2.95. The number of benzene rings is 2. The number of aromatic amines is 1. The average molecular weight is 411 g/mol. The molecule has 3 aromatic rings. The third-order valence-electron chi connectivity index (χ3n) is 3.54. The zero-order chi connectivity index (χ0) is 19.1. The van der Waals surface area contributed by atoms with E-state index in [1.807, 2.05) is 0 Å². The Bertz CT molecular complexity index is 1220. The van der Waals surface area contributed by atoms with E-state index in [0.29, 0.717) is 17.1 Å². The molecule has 5 N–H and O–H groups in total. The predicted octanol–water partition coefficient (Wildman–Crippen LogP) is 0.892. The first-order chi connectivity index (χ1) is 12.1. The summed E-state index contributed by atoms with van der Waals surface area (Å²) in [6.45, 7) is 0. The normalized spacial score (nSPS) is 12.2. The molecular formula is C14H13N5O4S3. The van der Waals surface area contributed by atoms with Crippen molar-refractivity contribution in [2.75, 3.05) is 0 Å². The van der Waals surface area contributed by atoms with E-state index in [2.05, 4.69) is 10.2 Å². The van der Waals surface area contributed by atoms with Gasteiger partial charge in [0.05, 0.1) is 15.5 Å². The minimum Gasteiger partial charge on any atom is -0.268 e. The third-order valence-corrected chi connectivity index (χ3v) is 5.67. The molecule has 0 fully saturated rings. The van der Waals surface area contributed by atoms with Crippen LogP contribution in [-0.4, -0.2) is 31.6 Å². The second-order valence-electron chi connectivity index (χ2n) is 5.30.